The number of thioether (sulfide) groups is 1. The van der Waals surface area contributed by atoms with Gasteiger partial charge in [-0.15, -0.1) is 0 Å². The number of rotatable bonds is 7. The van der Waals surface area contributed by atoms with Crippen molar-refractivity contribution >= 4 is 51.4 Å². The van der Waals surface area contributed by atoms with Gasteiger partial charge in [0.25, 0.3) is 11.1 Å². The van der Waals surface area contributed by atoms with E-state index in [0.717, 1.165) is 22.4 Å². The van der Waals surface area contributed by atoms with Crippen molar-refractivity contribution < 1.29 is 32.3 Å². The van der Waals surface area contributed by atoms with Gasteiger partial charge in [0.1, 0.15) is 18.9 Å². The molecule has 1 saturated heterocycles. The molecule has 1 aliphatic rings. The maximum absolute atomic E-state index is 13.9. The number of hydrogen-bond acceptors (Lipinski definition) is 5. The zero-order chi connectivity index (χ0) is 27.5. The molecule has 10 heteroatoms. The number of ether oxygens (including phenoxy) is 1. The zero-order valence-corrected chi connectivity index (χ0v) is 20.9. The predicted molar refractivity (Wildman–Crippen MR) is 142 cm³/mol. The Kier molecular flexibility index (Phi) is 7.38. The quantitative estimate of drug-likeness (QED) is 0.211. The smallest absolute Gasteiger partial charge is 0.294 e. The first-order chi connectivity index (χ1) is 18.8. The molecule has 4 aromatic rings. The van der Waals surface area contributed by atoms with E-state index in [1.807, 2.05) is 47.8 Å². The lowest BCUT2D eigenvalue weighted by Crippen LogP contribution is -2.36. The van der Waals surface area contributed by atoms with Crippen molar-refractivity contribution in [3.63, 3.8) is 0 Å². The minimum absolute atomic E-state index is 0.0630. The fraction of sp³-hybridized carbons (Fsp3) is 0.0690. The molecule has 0 aromatic heterocycles. The number of anilines is 1. The van der Waals surface area contributed by atoms with Gasteiger partial charge in [0.15, 0.2) is 17.5 Å². The van der Waals surface area contributed by atoms with E-state index >= 15 is 0 Å². The van der Waals surface area contributed by atoms with Crippen LogP contribution in [0.1, 0.15) is 11.1 Å². The molecule has 4 aromatic carbocycles. The summed E-state index contributed by atoms with van der Waals surface area (Å²) in [6.07, 6.45) is 1.50. The van der Waals surface area contributed by atoms with Gasteiger partial charge >= 0.3 is 0 Å². The van der Waals surface area contributed by atoms with Crippen molar-refractivity contribution in [2.45, 2.75) is 6.61 Å². The summed E-state index contributed by atoms with van der Waals surface area (Å²) in [6, 6.07) is 22.3. The van der Waals surface area contributed by atoms with Gasteiger partial charge in [0.05, 0.1) is 10.6 Å². The van der Waals surface area contributed by atoms with Crippen molar-refractivity contribution in [1.29, 1.82) is 0 Å². The van der Waals surface area contributed by atoms with Crippen LogP contribution in [0.3, 0.4) is 0 Å². The summed E-state index contributed by atoms with van der Waals surface area (Å²) in [7, 11) is 0. The van der Waals surface area contributed by atoms with Crippen LogP contribution in [0.5, 0.6) is 5.75 Å². The molecule has 0 unspecified atom stereocenters. The molecule has 39 heavy (non-hydrogen) atoms. The maximum Gasteiger partial charge on any atom is 0.294 e. The summed E-state index contributed by atoms with van der Waals surface area (Å²) in [5.74, 6) is -5.94. The minimum atomic E-state index is -1.75. The van der Waals surface area contributed by atoms with Crippen molar-refractivity contribution in [3.05, 3.63) is 112 Å². The molecule has 6 nitrogen and oxygen atoms in total. The van der Waals surface area contributed by atoms with Gasteiger partial charge in [-0.3, -0.25) is 19.3 Å². The van der Waals surface area contributed by atoms with Gasteiger partial charge in [-0.1, -0.05) is 60.7 Å². The Hall–Kier alpha value is -4.57. The lowest BCUT2D eigenvalue weighted by Gasteiger charge is -2.13. The summed E-state index contributed by atoms with van der Waals surface area (Å²) in [4.78, 5) is 38.5. The molecule has 1 heterocycles. The van der Waals surface area contributed by atoms with E-state index in [1.54, 1.807) is 24.3 Å². The van der Waals surface area contributed by atoms with Crippen LogP contribution in [0.4, 0.5) is 23.7 Å². The van der Waals surface area contributed by atoms with Crippen molar-refractivity contribution in [1.82, 2.24) is 4.90 Å². The highest BCUT2D eigenvalue weighted by Gasteiger charge is 2.36. The molecule has 0 spiro atoms. The molecule has 0 atom stereocenters. The van der Waals surface area contributed by atoms with E-state index in [-0.39, 0.29) is 11.5 Å². The summed E-state index contributed by atoms with van der Waals surface area (Å²) >= 11 is 0.637. The highest BCUT2D eigenvalue weighted by Crippen LogP contribution is 2.34. The Bertz CT molecular complexity index is 1650. The third kappa shape index (κ3) is 5.51. The number of imide groups is 1. The average Bonchev–Trinajstić information content (AvgIpc) is 3.20. The van der Waals surface area contributed by atoms with Crippen molar-refractivity contribution in [2.24, 2.45) is 0 Å². The second-order valence-electron chi connectivity index (χ2n) is 8.50. The first-order valence-electron chi connectivity index (χ1n) is 11.7. The van der Waals surface area contributed by atoms with E-state index in [9.17, 15) is 27.6 Å². The average molecular weight is 549 g/mol. The monoisotopic (exact) mass is 548 g/mol. The maximum atomic E-state index is 13.9. The molecule has 1 fully saturated rings. The van der Waals surface area contributed by atoms with E-state index in [0.29, 0.717) is 34.0 Å². The molecule has 0 radical (unpaired) electrons. The van der Waals surface area contributed by atoms with Crippen LogP contribution in [0.25, 0.3) is 16.8 Å². The molecule has 196 valence electrons. The number of carbonyl (C=O) groups is 3. The fourth-order valence-electron chi connectivity index (χ4n) is 4.04. The lowest BCUT2D eigenvalue weighted by molar-refractivity contribution is -0.127. The standard InChI is InChI=1S/C29H19F3N2O4S/c30-21-12-13-22(27(32)26(21)31)33-25(35)15-34-28(36)24(39-29(34)37)14-18-7-2-4-11-23(18)38-16-19-9-5-8-17-6-1-3-10-20(17)19/h1-14H,15-16H2,(H,33,35)/b24-14-. The number of halogens is 3. The van der Waals surface area contributed by atoms with Crippen LogP contribution >= 0.6 is 11.8 Å². The van der Waals surface area contributed by atoms with Crippen LogP contribution in [-0.2, 0) is 16.2 Å². The second kappa shape index (κ2) is 11.0. The Morgan fingerprint density at radius 3 is 2.49 bits per heavy atom. The molecule has 0 aliphatic carbocycles. The Morgan fingerprint density at radius 2 is 1.64 bits per heavy atom. The van der Waals surface area contributed by atoms with Crippen LogP contribution in [0.2, 0.25) is 0 Å². The normalized spacial score (nSPS) is 14.3. The van der Waals surface area contributed by atoms with Crippen LogP contribution in [-0.4, -0.2) is 28.5 Å². The molecule has 0 saturated carbocycles. The number of nitrogens with zero attached hydrogens (tertiary/aromatic N) is 1. The van der Waals surface area contributed by atoms with E-state index < -0.39 is 46.7 Å². The molecule has 0 bridgehead atoms. The van der Waals surface area contributed by atoms with Gasteiger partial charge in [-0.25, -0.2) is 13.2 Å². The van der Waals surface area contributed by atoms with Gasteiger partial charge in [-0.05, 0) is 52.4 Å². The number of amides is 3. The topological polar surface area (TPSA) is 75.7 Å². The van der Waals surface area contributed by atoms with Gasteiger partial charge in [0.2, 0.25) is 5.91 Å². The summed E-state index contributed by atoms with van der Waals surface area (Å²) in [6.45, 7) is -0.464. The Labute approximate surface area is 225 Å². The van der Waals surface area contributed by atoms with Crippen molar-refractivity contribution in [3.8, 4) is 5.75 Å². The third-order valence-corrected chi connectivity index (χ3v) is 6.86. The highest BCUT2D eigenvalue weighted by atomic mass is 32.2. The number of benzene rings is 4. The van der Waals surface area contributed by atoms with Crippen LogP contribution < -0.4 is 10.1 Å². The molecule has 1 aliphatic heterocycles. The van der Waals surface area contributed by atoms with E-state index in [2.05, 4.69) is 0 Å². The largest absolute Gasteiger partial charge is 0.488 e. The summed E-state index contributed by atoms with van der Waals surface area (Å²) < 4.78 is 46.5. The van der Waals surface area contributed by atoms with Crippen LogP contribution in [0.15, 0.2) is 83.8 Å². The molecular weight excluding hydrogens is 529 g/mol. The van der Waals surface area contributed by atoms with Crippen LogP contribution in [0, 0.1) is 17.5 Å². The number of hydrogen-bond donors (Lipinski definition) is 1. The van der Waals surface area contributed by atoms with E-state index in [4.69, 9.17) is 4.74 Å². The molecule has 5 rings (SSSR count). The predicted octanol–water partition coefficient (Wildman–Crippen LogP) is 6.51. The Balaban J connectivity index is 1.30. The number of nitrogens with one attached hydrogen (secondary N) is 1. The Morgan fingerprint density at radius 1 is 0.897 bits per heavy atom. The number of para-hydroxylation sites is 1. The first kappa shape index (κ1) is 26.1. The van der Waals surface area contributed by atoms with Gasteiger partial charge in [-0.2, -0.15) is 0 Å². The highest BCUT2D eigenvalue weighted by molar-refractivity contribution is 8.18. The second-order valence-corrected chi connectivity index (χ2v) is 9.50. The fourth-order valence-corrected chi connectivity index (χ4v) is 4.87. The minimum Gasteiger partial charge on any atom is -0.488 e. The van der Waals surface area contributed by atoms with Gasteiger partial charge in [0, 0.05) is 5.56 Å². The summed E-state index contributed by atoms with van der Waals surface area (Å²) in [5.41, 5.74) is 0.918. The lowest BCUT2D eigenvalue weighted by atomic mass is 10.1. The molecular formula is C29H19F3N2O4S. The van der Waals surface area contributed by atoms with E-state index in [1.165, 1.54) is 6.08 Å². The summed E-state index contributed by atoms with van der Waals surface area (Å²) in [5, 5.41) is 3.48. The first-order valence-corrected chi connectivity index (χ1v) is 12.5. The molecule has 3 amide bonds. The number of fused-ring (bicyclic) bond motifs is 1. The zero-order valence-electron chi connectivity index (χ0n) is 20.1. The molecule has 1 N–H and O–H groups in total. The van der Waals surface area contributed by atoms with Crippen molar-refractivity contribution in [2.75, 3.05) is 11.9 Å². The number of carbonyl (C=O) groups excluding carboxylic acids is 3. The SMILES string of the molecule is O=C(CN1C(=O)S/C(=C\c2ccccc2OCc2cccc3ccccc23)C1=O)Nc1ccc(F)c(F)c1F. The third-order valence-electron chi connectivity index (χ3n) is 5.95. The van der Waals surface area contributed by atoms with Gasteiger partial charge < -0.3 is 10.1 Å².